The fourth-order valence-corrected chi connectivity index (χ4v) is 2.27. The molecule has 138 valence electrons. The lowest BCUT2D eigenvalue weighted by molar-refractivity contribution is 0.318. The molecular formula is C18H28IN5O. The lowest BCUT2D eigenvalue weighted by atomic mass is 9.97. The molecular weight excluding hydrogens is 429 g/mol. The molecule has 7 heteroatoms. The van der Waals surface area contributed by atoms with E-state index in [1.807, 2.05) is 20.8 Å². The number of nitrogens with one attached hydrogen (secondary N) is 2. The molecule has 1 aromatic carbocycles. The minimum absolute atomic E-state index is 0. The van der Waals surface area contributed by atoms with Crippen LogP contribution in [0.3, 0.4) is 0 Å². The predicted octanol–water partition coefficient (Wildman–Crippen LogP) is 3.41. The first-order valence-electron chi connectivity index (χ1n) is 8.28. The summed E-state index contributed by atoms with van der Waals surface area (Å²) in [6, 6.07) is 8.41. The molecule has 0 unspecified atom stereocenters. The van der Waals surface area contributed by atoms with Crippen molar-refractivity contribution in [3.8, 4) is 0 Å². The zero-order valence-electron chi connectivity index (χ0n) is 15.6. The van der Waals surface area contributed by atoms with Crippen LogP contribution in [0.2, 0.25) is 0 Å². The summed E-state index contributed by atoms with van der Waals surface area (Å²) in [4.78, 5) is 8.65. The van der Waals surface area contributed by atoms with E-state index < -0.39 is 0 Å². The molecule has 2 N–H and O–H groups in total. The maximum Gasteiger partial charge on any atom is 0.232 e. The highest BCUT2D eigenvalue weighted by molar-refractivity contribution is 14.0. The topological polar surface area (TPSA) is 75.3 Å². The number of rotatable bonds is 5. The minimum atomic E-state index is -0.144. The van der Waals surface area contributed by atoms with Crippen LogP contribution in [-0.2, 0) is 24.9 Å². The smallest absolute Gasteiger partial charge is 0.232 e. The molecule has 0 aliphatic rings. The van der Waals surface area contributed by atoms with Gasteiger partial charge in [-0.05, 0) is 17.5 Å². The Morgan fingerprint density at radius 2 is 1.76 bits per heavy atom. The average Bonchev–Trinajstić information content (AvgIpc) is 3.04. The predicted molar refractivity (Wildman–Crippen MR) is 111 cm³/mol. The van der Waals surface area contributed by atoms with Crippen LogP contribution in [0.15, 0.2) is 33.8 Å². The first-order chi connectivity index (χ1) is 11.4. The Bertz CT molecular complexity index is 691. The summed E-state index contributed by atoms with van der Waals surface area (Å²) in [7, 11) is 1.75. The fourth-order valence-electron chi connectivity index (χ4n) is 2.27. The minimum Gasteiger partial charge on any atom is -0.352 e. The Labute approximate surface area is 166 Å². The maximum atomic E-state index is 5.29. The van der Waals surface area contributed by atoms with Crippen molar-refractivity contribution < 1.29 is 4.52 Å². The second kappa shape index (κ2) is 9.74. The molecule has 0 spiro atoms. The SMILES string of the molecule is CCc1ccccc1CNC(=NC)NCc1noc(C(C)(C)C)n1.I. The first kappa shape index (κ1) is 21.4. The van der Waals surface area contributed by atoms with Crippen LogP contribution in [0.25, 0.3) is 0 Å². The zero-order valence-corrected chi connectivity index (χ0v) is 17.9. The molecule has 1 aromatic heterocycles. The summed E-state index contributed by atoms with van der Waals surface area (Å²) in [5, 5.41) is 10.5. The van der Waals surface area contributed by atoms with Gasteiger partial charge in [0.05, 0.1) is 6.54 Å². The van der Waals surface area contributed by atoms with Crippen LogP contribution in [0, 0.1) is 0 Å². The Hall–Kier alpha value is -1.64. The summed E-state index contributed by atoms with van der Waals surface area (Å²) in [6.45, 7) is 9.49. The maximum absolute atomic E-state index is 5.29. The summed E-state index contributed by atoms with van der Waals surface area (Å²) < 4.78 is 5.29. The van der Waals surface area contributed by atoms with Crippen LogP contribution in [-0.4, -0.2) is 23.1 Å². The molecule has 0 fully saturated rings. The van der Waals surface area contributed by atoms with Gasteiger partial charge in [0.2, 0.25) is 5.89 Å². The zero-order chi connectivity index (χ0) is 17.6. The quantitative estimate of drug-likeness (QED) is 0.409. The van der Waals surface area contributed by atoms with Gasteiger partial charge in [0, 0.05) is 19.0 Å². The largest absolute Gasteiger partial charge is 0.352 e. The Morgan fingerprint density at radius 1 is 1.12 bits per heavy atom. The molecule has 2 aromatic rings. The first-order valence-corrected chi connectivity index (χ1v) is 8.28. The van der Waals surface area contributed by atoms with E-state index in [0.717, 1.165) is 13.0 Å². The second-order valence-electron chi connectivity index (χ2n) is 6.67. The second-order valence-corrected chi connectivity index (χ2v) is 6.67. The number of guanidine groups is 1. The molecule has 0 radical (unpaired) electrons. The van der Waals surface area contributed by atoms with Gasteiger partial charge in [0.15, 0.2) is 11.8 Å². The van der Waals surface area contributed by atoms with Crippen molar-refractivity contribution >= 4 is 29.9 Å². The van der Waals surface area contributed by atoms with Gasteiger partial charge in [-0.15, -0.1) is 24.0 Å². The fraction of sp³-hybridized carbons (Fsp3) is 0.500. The third-order valence-corrected chi connectivity index (χ3v) is 3.69. The molecule has 0 saturated heterocycles. The molecule has 2 rings (SSSR count). The van der Waals surface area contributed by atoms with Crippen LogP contribution in [0.4, 0.5) is 0 Å². The lowest BCUT2D eigenvalue weighted by Gasteiger charge is -2.13. The average molecular weight is 457 g/mol. The highest BCUT2D eigenvalue weighted by Gasteiger charge is 2.21. The van der Waals surface area contributed by atoms with Gasteiger partial charge in [-0.2, -0.15) is 4.98 Å². The van der Waals surface area contributed by atoms with Gasteiger partial charge in [-0.3, -0.25) is 4.99 Å². The monoisotopic (exact) mass is 457 g/mol. The standard InChI is InChI=1S/C18H27N5O.HI/c1-6-13-9-7-8-10-14(13)11-20-17(19-5)21-12-15-22-16(24-23-15)18(2,3)4;/h7-10H,6,11-12H2,1-5H3,(H2,19,20,21);1H. The summed E-state index contributed by atoms with van der Waals surface area (Å²) >= 11 is 0. The van der Waals surface area contributed by atoms with E-state index in [0.29, 0.717) is 24.2 Å². The summed E-state index contributed by atoms with van der Waals surface area (Å²) in [6.07, 6.45) is 1.02. The molecule has 0 amide bonds. The number of aromatic nitrogens is 2. The molecule has 25 heavy (non-hydrogen) atoms. The van der Waals surface area contributed by atoms with Crippen molar-refractivity contribution in [2.24, 2.45) is 4.99 Å². The van der Waals surface area contributed by atoms with Gasteiger partial charge in [0.1, 0.15) is 0 Å². The van der Waals surface area contributed by atoms with Crippen LogP contribution >= 0.6 is 24.0 Å². The Morgan fingerprint density at radius 3 is 2.32 bits per heavy atom. The van der Waals surface area contributed by atoms with Gasteiger partial charge in [0.25, 0.3) is 0 Å². The highest BCUT2D eigenvalue weighted by atomic mass is 127. The molecule has 0 saturated carbocycles. The van der Waals surface area contributed by atoms with E-state index in [2.05, 4.69) is 57.0 Å². The summed E-state index contributed by atoms with van der Waals surface area (Å²) in [5.41, 5.74) is 2.47. The van der Waals surface area contributed by atoms with E-state index in [1.54, 1.807) is 7.05 Å². The van der Waals surface area contributed by atoms with Crippen molar-refractivity contribution in [2.75, 3.05) is 7.05 Å². The van der Waals surface area contributed by atoms with E-state index in [4.69, 9.17) is 4.52 Å². The van der Waals surface area contributed by atoms with Crippen molar-refractivity contribution in [1.82, 2.24) is 20.8 Å². The van der Waals surface area contributed by atoms with Crippen molar-refractivity contribution in [3.63, 3.8) is 0 Å². The molecule has 0 atom stereocenters. The number of halogens is 1. The number of aliphatic imine (C=N–C) groups is 1. The molecule has 0 bridgehead atoms. The van der Waals surface area contributed by atoms with Crippen molar-refractivity contribution in [1.29, 1.82) is 0 Å². The van der Waals surface area contributed by atoms with E-state index in [9.17, 15) is 0 Å². The number of hydrogen-bond acceptors (Lipinski definition) is 4. The number of benzene rings is 1. The number of nitrogens with zero attached hydrogens (tertiary/aromatic N) is 3. The van der Waals surface area contributed by atoms with E-state index in [1.165, 1.54) is 11.1 Å². The van der Waals surface area contributed by atoms with E-state index in [-0.39, 0.29) is 29.4 Å². The molecule has 0 aliphatic heterocycles. The number of aryl methyl sites for hydroxylation is 1. The van der Waals surface area contributed by atoms with Gasteiger partial charge < -0.3 is 15.2 Å². The molecule has 0 aliphatic carbocycles. The van der Waals surface area contributed by atoms with Crippen molar-refractivity contribution in [3.05, 3.63) is 47.1 Å². The van der Waals surface area contributed by atoms with Gasteiger partial charge in [-0.25, -0.2) is 0 Å². The van der Waals surface area contributed by atoms with E-state index >= 15 is 0 Å². The normalized spacial score (nSPS) is 11.8. The summed E-state index contributed by atoms with van der Waals surface area (Å²) in [5.74, 6) is 1.97. The van der Waals surface area contributed by atoms with Crippen LogP contribution < -0.4 is 10.6 Å². The highest BCUT2D eigenvalue weighted by Crippen LogP contribution is 2.19. The third-order valence-electron chi connectivity index (χ3n) is 3.69. The Kier molecular flexibility index (Phi) is 8.34. The van der Waals surface area contributed by atoms with Gasteiger partial charge in [-0.1, -0.05) is 57.1 Å². The number of hydrogen-bond donors (Lipinski definition) is 2. The molecule has 6 nitrogen and oxygen atoms in total. The van der Waals surface area contributed by atoms with Crippen LogP contribution in [0.1, 0.15) is 50.5 Å². The third kappa shape index (κ3) is 6.30. The van der Waals surface area contributed by atoms with Gasteiger partial charge >= 0.3 is 0 Å². The van der Waals surface area contributed by atoms with Crippen molar-refractivity contribution in [2.45, 2.75) is 52.6 Å². The Balaban J connectivity index is 0.00000312. The lowest BCUT2D eigenvalue weighted by Crippen LogP contribution is -2.36. The van der Waals surface area contributed by atoms with Crippen LogP contribution in [0.5, 0.6) is 0 Å². The molecule has 1 heterocycles.